The fourth-order valence-corrected chi connectivity index (χ4v) is 3.46. The second kappa shape index (κ2) is 7.61. The summed E-state index contributed by atoms with van der Waals surface area (Å²) in [4.78, 5) is 4.40. The molecule has 1 N–H and O–H groups in total. The number of aromatic nitrogens is 6. The van der Waals surface area contributed by atoms with Gasteiger partial charge >= 0.3 is 0 Å². The Bertz CT molecular complexity index is 1320. The van der Waals surface area contributed by atoms with Gasteiger partial charge in [-0.25, -0.2) is 4.98 Å². The predicted molar refractivity (Wildman–Crippen MR) is 117 cm³/mol. The number of hydrogen-bond donors (Lipinski definition) is 1. The molecule has 5 rings (SSSR count). The zero-order valence-electron chi connectivity index (χ0n) is 16.2. The number of hydrogen-bond acceptors (Lipinski definition) is 5. The van der Waals surface area contributed by atoms with E-state index < -0.39 is 0 Å². The minimum absolute atomic E-state index is 0.687. The van der Waals surface area contributed by atoms with Gasteiger partial charge in [0.1, 0.15) is 11.6 Å². The molecule has 4 aromatic heterocycles. The van der Waals surface area contributed by atoms with Crippen molar-refractivity contribution in [1.82, 2.24) is 29.4 Å². The maximum atomic E-state index is 5.98. The highest BCUT2D eigenvalue weighted by Gasteiger charge is 2.09. The highest BCUT2D eigenvalue weighted by molar-refractivity contribution is 6.30. The van der Waals surface area contributed by atoms with E-state index in [2.05, 4.69) is 31.7 Å². The van der Waals surface area contributed by atoms with Gasteiger partial charge in [0.15, 0.2) is 5.65 Å². The van der Waals surface area contributed by atoms with E-state index in [4.69, 9.17) is 11.6 Å². The number of pyridine rings is 2. The minimum atomic E-state index is 0.687. The molecule has 0 atom stereocenters. The van der Waals surface area contributed by atoms with Crippen molar-refractivity contribution >= 4 is 28.8 Å². The molecule has 148 valence electrons. The van der Waals surface area contributed by atoms with Crippen molar-refractivity contribution in [2.45, 2.75) is 6.42 Å². The van der Waals surface area contributed by atoms with Crippen LogP contribution in [-0.4, -0.2) is 29.4 Å². The van der Waals surface area contributed by atoms with Crippen LogP contribution in [0.2, 0.25) is 5.02 Å². The molecule has 0 aliphatic rings. The molecule has 4 heterocycles. The predicted octanol–water partition coefficient (Wildman–Crippen LogP) is 4.51. The molecule has 0 bridgehead atoms. The van der Waals surface area contributed by atoms with Gasteiger partial charge in [-0.2, -0.15) is 5.10 Å². The van der Waals surface area contributed by atoms with Gasteiger partial charge in [-0.15, -0.1) is 10.2 Å². The SMILES string of the molecule is Cn1cc(Nc2cc(-c3ccn4c(Cc5ccc(Cl)cc5)nnc4c3)ccn2)cn1. The lowest BCUT2D eigenvalue weighted by molar-refractivity contribution is 0.768. The molecule has 0 radical (unpaired) electrons. The molecule has 0 saturated heterocycles. The average molecular weight is 416 g/mol. The Morgan fingerprint density at radius 2 is 1.83 bits per heavy atom. The molecule has 0 aliphatic carbocycles. The van der Waals surface area contributed by atoms with Gasteiger partial charge in [0.05, 0.1) is 11.9 Å². The summed E-state index contributed by atoms with van der Waals surface area (Å²) in [6.45, 7) is 0. The Morgan fingerprint density at radius 3 is 2.63 bits per heavy atom. The molecular weight excluding hydrogens is 398 g/mol. The third-order valence-electron chi connectivity index (χ3n) is 4.83. The number of benzene rings is 1. The third-order valence-corrected chi connectivity index (χ3v) is 5.08. The lowest BCUT2D eigenvalue weighted by Crippen LogP contribution is -1.96. The largest absolute Gasteiger partial charge is 0.338 e. The molecule has 1 aromatic carbocycles. The van der Waals surface area contributed by atoms with Crippen molar-refractivity contribution < 1.29 is 0 Å². The van der Waals surface area contributed by atoms with Crippen LogP contribution in [0.25, 0.3) is 16.8 Å². The Morgan fingerprint density at radius 1 is 1.00 bits per heavy atom. The highest BCUT2D eigenvalue weighted by Crippen LogP contribution is 2.24. The Balaban J connectivity index is 1.41. The van der Waals surface area contributed by atoms with Crippen molar-refractivity contribution in [3.8, 4) is 11.1 Å². The highest BCUT2D eigenvalue weighted by atomic mass is 35.5. The van der Waals surface area contributed by atoms with Gasteiger partial charge in [-0.3, -0.25) is 9.08 Å². The van der Waals surface area contributed by atoms with Crippen LogP contribution < -0.4 is 5.32 Å². The smallest absolute Gasteiger partial charge is 0.161 e. The monoisotopic (exact) mass is 415 g/mol. The molecule has 0 saturated carbocycles. The molecular formula is C22H18ClN7. The van der Waals surface area contributed by atoms with Crippen LogP contribution in [0.5, 0.6) is 0 Å². The van der Waals surface area contributed by atoms with Crippen LogP contribution in [0.3, 0.4) is 0 Å². The third kappa shape index (κ3) is 3.75. The quantitative estimate of drug-likeness (QED) is 0.457. The summed E-state index contributed by atoms with van der Waals surface area (Å²) < 4.78 is 3.75. The number of anilines is 2. The summed E-state index contributed by atoms with van der Waals surface area (Å²) in [5.74, 6) is 1.64. The van der Waals surface area contributed by atoms with Gasteiger partial charge in [0.2, 0.25) is 0 Å². The van der Waals surface area contributed by atoms with Gasteiger partial charge in [0.25, 0.3) is 0 Å². The van der Waals surface area contributed by atoms with E-state index in [1.807, 2.05) is 66.3 Å². The van der Waals surface area contributed by atoms with Crippen LogP contribution in [0, 0.1) is 0 Å². The first-order chi connectivity index (χ1) is 14.6. The number of nitrogens with zero attached hydrogens (tertiary/aromatic N) is 6. The van der Waals surface area contributed by atoms with Crippen molar-refractivity contribution in [3.05, 3.63) is 89.7 Å². The van der Waals surface area contributed by atoms with Gasteiger partial charge in [0, 0.05) is 37.1 Å². The van der Waals surface area contributed by atoms with Crippen molar-refractivity contribution in [1.29, 1.82) is 0 Å². The number of rotatable bonds is 5. The molecule has 0 unspecified atom stereocenters. The van der Waals surface area contributed by atoms with Crippen LogP contribution in [-0.2, 0) is 13.5 Å². The van der Waals surface area contributed by atoms with Crippen molar-refractivity contribution in [3.63, 3.8) is 0 Å². The van der Waals surface area contributed by atoms with E-state index in [1.165, 1.54) is 0 Å². The Hall–Kier alpha value is -3.71. The van der Waals surface area contributed by atoms with Gasteiger partial charge in [-0.05, 0) is 53.1 Å². The van der Waals surface area contributed by atoms with Crippen LogP contribution in [0.1, 0.15) is 11.4 Å². The summed E-state index contributed by atoms with van der Waals surface area (Å²) in [6.07, 6.45) is 8.14. The number of halogens is 1. The Kier molecular flexibility index (Phi) is 4.65. The summed E-state index contributed by atoms with van der Waals surface area (Å²) >= 11 is 5.98. The topological polar surface area (TPSA) is 72.9 Å². The van der Waals surface area contributed by atoms with Crippen LogP contribution in [0.15, 0.2) is 73.3 Å². The zero-order chi connectivity index (χ0) is 20.5. The van der Waals surface area contributed by atoms with E-state index in [1.54, 1.807) is 17.1 Å². The summed E-state index contributed by atoms with van der Waals surface area (Å²) in [7, 11) is 1.88. The molecule has 0 spiro atoms. The van der Waals surface area contributed by atoms with E-state index in [0.717, 1.165) is 44.7 Å². The fraction of sp³-hybridized carbons (Fsp3) is 0.0909. The van der Waals surface area contributed by atoms with Gasteiger partial charge in [-0.1, -0.05) is 23.7 Å². The average Bonchev–Trinajstić information content (AvgIpc) is 3.35. The Labute approximate surface area is 178 Å². The standard InChI is InChI=1S/C22H18ClN7/c1-29-14-19(13-25-29)26-20-11-16(6-8-24-20)17-7-9-30-21(27-28-22(30)12-17)10-15-2-4-18(23)5-3-15/h2-9,11-14H,10H2,1H3,(H,24,26). The number of aryl methyl sites for hydroxylation is 1. The lowest BCUT2D eigenvalue weighted by Gasteiger charge is -2.07. The van der Waals surface area contributed by atoms with Crippen molar-refractivity contribution in [2.75, 3.05) is 5.32 Å². The molecule has 0 fully saturated rings. The first kappa shape index (κ1) is 18.3. The molecule has 30 heavy (non-hydrogen) atoms. The van der Waals surface area contributed by atoms with Crippen LogP contribution in [0.4, 0.5) is 11.5 Å². The molecule has 0 aliphatic heterocycles. The molecule has 5 aromatic rings. The molecule has 0 amide bonds. The molecule has 7 nitrogen and oxygen atoms in total. The van der Waals surface area contributed by atoms with E-state index >= 15 is 0 Å². The number of fused-ring (bicyclic) bond motifs is 1. The van der Waals surface area contributed by atoms with E-state index in [0.29, 0.717) is 6.42 Å². The summed E-state index contributed by atoms with van der Waals surface area (Å²) in [6, 6.07) is 15.9. The first-order valence-electron chi connectivity index (χ1n) is 9.44. The fourth-order valence-electron chi connectivity index (χ4n) is 3.34. The van der Waals surface area contributed by atoms with E-state index in [-0.39, 0.29) is 0 Å². The lowest BCUT2D eigenvalue weighted by atomic mass is 10.1. The zero-order valence-corrected chi connectivity index (χ0v) is 17.0. The minimum Gasteiger partial charge on any atom is -0.338 e. The molecule has 8 heteroatoms. The van der Waals surface area contributed by atoms with Gasteiger partial charge < -0.3 is 5.32 Å². The van der Waals surface area contributed by atoms with Crippen molar-refractivity contribution in [2.24, 2.45) is 7.05 Å². The van der Waals surface area contributed by atoms with E-state index in [9.17, 15) is 0 Å². The summed E-state index contributed by atoms with van der Waals surface area (Å²) in [5.41, 5.74) is 4.92. The van der Waals surface area contributed by atoms with Crippen LogP contribution >= 0.6 is 11.6 Å². The second-order valence-electron chi connectivity index (χ2n) is 7.02. The first-order valence-corrected chi connectivity index (χ1v) is 9.82. The maximum absolute atomic E-state index is 5.98. The maximum Gasteiger partial charge on any atom is 0.161 e. The second-order valence-corrected chi connectivity index (χ2v) is 7.46. The normalized spacial score (nSPS) is 11.1. The number of nitrogens with one attached hydrogen (secondary N) is 1. The summed E-state index contributed by atoms with van der Waals surface area (Å²) in [5, 5.41) is 16.9.